The van der Waals surface area contributed by atoms with E-state index >= 15 is 0 Å². The van der Waals surface area contributed by atoms with E-state index in [0.717, 1.165) is 13.0 Å². The standard InChI is InChI=1S/C15H33NO2/c1-3-4-5-6-7-8-9-10-11-12-13-16-14(2)15(17)18/h14-18H,3-13H2,1-2H3. The molecule has 3 N–H and O–H groups in total. The zero-order chi connectivity index (χ0) is 13.6. The summed E-state index contributed by atoms with van der Waals surface area (Å²) in [5.41, 5.74) is 0. The zero-order valence-corrected chi connectivity index (χ0v) is 12.3. The van der Waals surface area contributed by atoms with Crippen LogP contribution in [0.4, 0.5) is 0 Å². The van der Waals surface area contributed by atoms with Crippen molar-refractivity contribution in [3.05, 3.63) is 0 Å². The summed E-state index contributed by atoms with van der Waals surface area (Å²) in [6, 6.07) is -0.219. The molecule has 0 radical (unpaired) electrons. The van der Waals surface area contributed by atoms with E-state index in [1.807, 2.05) is 0 Å². The molecule has 0 aliphatic rings. The van der Waals surface area contributed by atoms with Crippen LogP contribution in [0, 0.1) is 0 Å². The van der Waals surface area contributed by atoms with E-state index in [1.54, 1.807) is 6.92 Å². The highest BCUT2D eigenvalue weighted by Crippen LogP contribution is 2.10. The number of rotatable bonds is 13. The Balaban J connectivity index is 3.03. The highest BCUT2D eigenvalue weighted by Gasteiger charge is 2.07. The highest BCUT2D eigenvalue weighted by atomic mass is 16.5. The van der Waals surface area contributed by atoms with Crippen LogP contribution < -0.4 is 5.32 Å². The van der Waals surface area contributed by atoms with Crippen molar-refractivity contribution in [2.75, 3.05) is 6.54 Å². The third-order valence-electron chi connectivity index (χ3n) is 3.44. The Morgan fingerprint density at radius 2 is 1.22 bits per heavy atom. The van der Waals surface area contributed by atoms with E-state index in [4.69, 9.17) is 10.2 Å². The maximum atomic E-state index is 8.88. The molecule has 1 unspecified atom stereocenters. The molecule has 18 heavy (non-hydrogen) atoms. The van der Waals surface area contributed by atoms with Gasteiger partial charge < -0.3 is 15.5 Å². The number of aliphatic hydroxyl groups excluding tert-OH is 1. The average Bonchev–Trinajstić information content (AvgIpc) is 2.35. The number of nitrogens with one attached hydrogen (secondary N) is 1. The Hall–Kier alpha value is -0.120. The van der Waals surface area contributed by atoms with Gasteiger partial charge in [0.1, 0.15) is 0 Å². The predicted octanol–water partition coefficient (Wildman–Crippen LogP) is 3.20. The third-order valence-corrected chi connectivity index (χ3v) is 3.44. The fourth-order valence-electron chi connectivity index (χ4n) is 2.05. The lowest BCUT2D eigenvalue weighted by atomic mass is 10.1. The van der Waals surface area contributed by atoms with Gasteiger partial charge in [0.15, 0.2) is 6.29 Å². The monoisotopic (exact) mass is 259 g/mol. The van der Waals surface area contributed by atoms with Crippen LogP contribution in [0.3, 0.4) is 0 Å². The molecule has 0 aromatic carbocycles. The summed E-state index contributed by atoms with van der Waals surface area (Å²) in [6.07, 6.45) is 12.1. The first kappa shape index (κ1) is 17.9. The zero-order valence-electron chi connectivity index (χ0n) is 12.3. The molecular weight excluding hydrogens is 226 g/mol. The van der Waals surface area contributed by atoms with Gasteiger partial charge in [-0.15, -0.1) is 0 Å². The molecule has 0 bridgehead atoms. The average molecular weight is 259 g/mol. The largest absolute Gasteiger partial charge is 0.367 e. The third kappa shape index (κ3) is 12.3. The molecule has 0 aliphatic carbocycles. The van der Waals surface area contributed by atoms with E-state index in [1.165, 1.54) is 57.8 Å². The minimum atomic E-state index is -1.24. The quantitative estimate of drug-likeness (QED) is 0.352. The summed E-state index contributed by atoms with van der Waals surface area (Å²) in [5, 5.41) is 20.9. The molecule has 0 spiro atoms. The first-order valence-corrected chi connectivity index (χ1v) is 7.78. The van der Waals surface area contributed by atoms with E-state index in [9.17, 15) is 0 Å². The van der Waals surface area contributed by atoms with Crippen molar-refractivity contribution in [1.29, 1.82) is 0 Å². The Kier molecular flexibility index (Phi) is 13.2. The predicted molar refractivity (Wildman–Crippen MR) is 77.5 cm³/mol. The minimum Gasteiger partial charge on any atom is -0.367 e. The topological polar surface area (TPSA) is 52.5 Å². The SMILES string of the molecule is CCCCCCCCCCCCNC(C)C(O)O. The van der Waals surface area contributed by atoms with Gasteiger partial charge in [0.05, 0.1) is 6.04 Å². The Morgan fingerprint density at radius 1 is 0.778 bits per heavy atom. The number of unbranched alkanes of at least 4 members (excludes halogenated alkanes) is 9. The van der Waals surface area contributed by atoms with E-state index in [2.05, 4.69) is 12.2 Å². The Labute approximate surface area is 113 Å². The second-order valence-electron chi connectivity index (χ2n) is 5.34. The lowest BCUT2D eigenvalue weighted by molar-refractivity contribution is -0.0623. The van der Waals surface area contributed by atoms with Crippen molar-refractivity contribution in [2.45, 2.75) is 90.4 Å². The van der Waals surface area contributed by atoms with E-state index in [0.29, 0.717) is 0 Å². The van der Waals surface area contributed by atoms with Crippen LogP contribution in [0.1, 0.15) is 78.1 Å². The van der Waals surface area contributed by atoms with Gasteiger partial charge in [-0.05, 0) is 19.9 Å². The van der Waals surface area contributed by atoms with E-state index < -0.39 is 6.29 Å². The van der Waals surface area contributed by atoms with Crippen LogP contribution in [0.25, 0.3) is 0 Å². The number of hydrogen-bond donors (Lipinski definition) is 3. The van der Waals surface area contributed by atoms with Crippen molar-refractivity contribution >= 4 is 0 Å². The molecular formula is C15H33NO2. The Morgan fingerprint density at radius 3 is 1.67 bits per heavy atom. The number of aliphatic hydroxyl groups is 2. The molecule has 3 nitrogen and oxygen atoms in total. The first-order chi connectivity index (χ1) is 8.68. The lowest BCUT2D eigenvalue weighted by Gasteiger charge is -2.15. The van der Waals surface area contributed by atoms with Crippen molar-refractivity contribution in [3.8, 4) is 0 Å². The molecule has 1 atom stereocenters. The van der Waals surface area contributed by atoms with Gasteiger partial charge in [-0.1, -0.05) is 64.7 Å². The van der Waals surface area contributed by atoms with Crippen LogP contribution in [0.2, 0.25) is 0 Å². The Bertz CT molecular complexity index is 163. The van der Waals surface area contributed by atoms with Gasteiger partial charge in [-0.25, -0.2) is 0 Å². The first-order valence-electron chi connectivity index (χ1n) is 7.78. The van der Waals surface area contributed by atoms with Crippen molar-refractivity contribution in [1.82, 2.24) is 5.32 Å². The number of hydrogen-bond acceptors (Lipinski definition) is 3. The molecule has 3 heteroatoms. The maximum Gasteiger partial charge on any atom is 0.166 e. The van der Waals surface area contributed by atoms with E-state index in [-0.39, 0.29) is 6.04 Å². The fraction of sp³-hybridized carbons (Fsp3) is 1.00. The normalized spacial score (nSPS) is 13.2. The van der Waals surface area contributed by atoms with Crippen LogP contribution in [-0.4, -0.2) is 29.1 Å². The molecule has 0 fully saturated rings. The van der Waals surface area contributed by atoms with Crippen LogP contribution in [0.15, 0.2) is 0 Å². The summed E-state index contributed by atoms with van der Waals surface area (Å²) in [5.74, 6) is 0. The second kappa shape index (κ2) is 13.3. The molecule has 0 aromatic heterocycles. The van der Waals surface area contributed by atoms with Gasteiger partial charge in [-0.3, -0.25) is 0 Å². The highest BCUT2D eigenvalue weighted by molar-refractivity contribution is 4.61. The van der Waals surface area contributed by atoms with Crippen molar-refractivity contribution in [2.24, 2.45) is 0 Å². The molecule has 0 rings (SSSR count). The fourth-order valence-corrected chi connectivity index (χ4v) is 2.05. The van der Waals surface area contributed by atoms with Gasteiger partial charge in [0.25, 0.3) is 0 Å². The van der Waals surface area contributed by atoms with Crippen LogP contribution >= 0.6 is 0 Å². The molecule has 0 saturated carbocycles. The summed E-state index contributed by atoms with van der Waals surface area (Å²) in [6.45, 7) is 4.93. The van der Waals surface area contributed by atoms with Crippen molar-refractivity contribution in [3.63, 3.8) is 0 Å². The summed E-state index contributed by atoms with van der Waals surface area (Å²) in [7, 11) is 0. The van der Waals surface area contributed by atoms with Gasteiger partial charge in [0, 0.05) is 0 Å². The van der Waals surface area contributed by atoms with Gasteiger partial charge in [0.2, 0.25) is 0 Å². The molecule has 0 saturated heterocycles. The summed E-state index contributed by atoms with van der Waals surface area (Å²) < 4.78 is 0. The second-order valence-corrected chi connectivity index (χ2v) is 5.34. The molecule has 110 valence electrons. The molecule has 0 aromatic rings. The van der Waals surface area contributed by atoms with Gasteiger partial charge in [-0.2, -0.15) is 0 Å². The maximum absolute atomic E-state index is 8.88. The summed E-state index contributed by atoms with van der Waals surface area (Å²) >= 11 is 0. The smallest absolute Gasteiger partial charge is 0.166 e. The van der Waals surface area contributed by atoms with Gasteiger partial charge >= 0.3 is 0 Å². The molecule has 0 aliphatic heterocycles. The van der Waals surface area contributed by atoms with Crippen LogP contribution in [-0.2, 0) is 0 Å². The molecule has 0 amide bonds. The summed E-state index contributed by atoms with van der Waals surface area (Å²) in [4.78, 5) is 0. The van der Waals surface area contributed by atoms with Crippen LogP contribution in [0.5, 0.6) is 0 Å². The lowest BCUT2D eigenvalue weighted by Crippen LogP contribution is -2.37. The minimum absolute atomic E-state index is 0.219. The molecule has 0 heterocycles. The van der Waals surface area contributed by atoms with Crippen molar-refractivity contribution < 1.29 is 10.2 Å².